The number of halogens is 1. The number of hydrogen-bond donors (Lipinski definition) is 0. The van der Waals surface area contributed by atoms with Crippen molar-refractivity contribution in [2.45, 2.75) is 0 Å². The van der Waals surface area contributed by atoms with Gasteiger partial charge in [-0.15, -0.1) is 0 Å². The predicted molar refractivity (Wildman–Crippen MR) is 58.8 cm³/mol. The molecule has 1 aliphatic heterocycles. The van der Waals surface area contributed by atoms with Gasteiger partial charge in [0.2, 0.25) is 0 Å². The van der Waals surface area contributed by atoms with E-state index in [1.807, 2.05) is 0 Å². The summed E-state index contributed by atoms with van der Waals surface area (Å²) in [5.41, 5.74) is 0.0823. The molecule has 0 atom stereocenters. The molecule has 0 saturated carbocycles. The molecule has 0 N–H and O–H groups in total. The number of cyclic esters (lactones) is 1. The fourth-order valence-electron chi connectivity index (χ4n) is 1.46. The van der Waals surface area contributed by atoms with Gasteiger partial charge in [-0.3, -0.25) is 9.59 Å². The number of Topliss-reactive ketones (excluding diaryl/α,β-unsaturated/α-hetero) is 1. The van der Waals surface area contributed by atoms with Gasteiger partial charge in [0.05, 0.1) is 11.6 Å². The summed E-state index contributed by atoms with van der Waals surface area (Å²) in [6.45, 7) is 0.203. The lowest BCUT2D eigenvalue weighted by atomic mass is 10.1. The Morgan fingerprint density at radius 1 is 1.29 bits per heavy atom. The van der Waals surface area contributed by atoms with Crippen molar-refractivity contribution < 1.29 is 19.1 Å². The summed E-state index contributed by atoms with van der Waals surface area (Å²) >= 11 is 5.80. The zero-order chi connectivity index (χ0) is 12.4. The van der Waals surface area contributed by atoms with Crippen LogP contribution in [0.5, 0.6) is 0 Å². The molecule has 1 aromatic rings. The van der Waals surface area contributed by atoms with Crippen LogP contribution in [-0.2, 0) is 9.53 Å². The van der Waals surface area contributed by atoms with Gasteiger partial charge in [0.25, 0.3) is 5.78 Å². The minimum atomic E-state index is -0.916. The summed E-state index contributed by atoms with van der Waals surface area (Å²) in [6, 6.07) is 6.18. The van der Waals surface area contributed by atoms with Gasteiger partial charge in [-0.25, -0.2) is 9.69 Å². The molecule has 1 fully saturated rings. The summed E-state index contributed by atoms with van der Waals surface area (Å²) in [4.78, 5) is 35.4. The predicted octanol–water partition coefficient (Wildman–Crippen LogP) is 1.50. The van der Waals surface area contributed by atoms with Gasteiger partial charge in [0.1, 0.15) is 6.61 Å². The Morgan fingerprint density at radius 2 is 2.00 bits per heavy atom. The number of nitrogens with zero attached hydrogens (tertiary/aromatic N) is 1. The Kier molecular flexibility index (Phi) is 3.10. The normalized spacial score (nSPS) is 14.6. The standard InChI is InChI=1S/C11H8ClNO4/c12-8-4-2-1-3-7(8)9(14)10(15)13-5-6-17-11(13)16/h1-4H,5-6H2. The fourth-order valence-corrected chi connectivity index (χ4v) is 1.68. The first kappa shape index (κ1) is 11.6. The molecular weight excluding hydrogens is 246 g/mol. The number of imide groups is 1. The molecule has 6 heteroatoms. The molecule has 88 valence electrons. The lowest BCUT2D eigenvalue weighted by Crippen LogP contribution is -2.37. The van der Waals surface area contributed by atoms with Crippen molar-refractivity contribution in [2.75, 3.05) is 13.2 Å². The SMILES string of the molecule is O=C(C(=O)N1CCOC1=O)c1ccccc1Cl. The number of ether oxygens (including phenoxy) is 1. The van der Waals surface area contributed by atoms with Crippen LogP contribution in [0.25, 0.3) is 0 Å². The van der Waals surface area contributed by atoms with Gasteiger partial charge in [-0.2, -0.15) is 0 Å². The molecule has 0 aliphatic carbocycles. The largest absolute Gasteiger partial charge is 0.447 e. The molecule has 1 saturated heterocycles. The Balaban J connectivity index is 2.24. The second kappa shape index (κ2) is 4.55. The third-order valence-corrected chi connectivity index (χ3v) is 2.65. The maximum absolute atomic E-state index is 11.8. The van der Waals surface area contributed by atoms with Crippen LogP contribution in [0.1, 0.15) is 10.4 Å². The first-order valence-corrected chi connectivity index (χ1v) is 5.26. The van der Waals surface area contributed by atoms with Gasteiger partial charge in [-0.1, -0.05) is 23.7 Å². The maximum Gasteiger partial charge on any atom is 0.417 e. The van der Waals surface area contributed by atoms with E-state index in [1.165, 1.54) is 12.1 Å². The van der Waals surface area contributed by atoms with Crippen molar-refractivity contribution in [3.8, 4) is 0 Å². The van der Waals surface area contributed by atoms with E-state index in [2.05, 4.69) is 4.74 Å². The van der Waals surface area contributed by atoms with Crippen LogP contribution in [0.15, 0.2) is 24.3 Å². The molecule has 0 radical (unpaired) electrons. The Morgan fingerprint density at radius 3 is 2.59 bits per heavy atom. The summed E-state index contributed by atoms with van der Waals surface area (Å²) in [5, 5.41) is 0.179. The molecule has 0 bridgehead atoms. The minimum absolute atomic E-state index is 0.0823. The molecule has 1 aromatic carbocycles. The lowest BCUT2D eigenvalue weighted by Gasteiger charge is -2.09. The minimum Gasteiger partial charge on any atom is -0.447 e. The van der Waals surface area contributed by atoms with Gasteiger partial charge in [-0.05, 0) is 12.1 Å². The summed E-state index contributed by atoms with van der Waals surface area (Å²) in [7, 11) is 0. The average molecular weight is 254 g/mol. The maximum atomic E-state index is 11.8. The Labute approximate surface area is 102 Å². The number of carbonyl (C=O) groups excluding carboxylic acids is 3. The second-order valence-electron chi connectivity index (χ2n) is 3.38. The quantitative estimate of drug-likeness (QED) is 0.592. The zero-order valence-corrected chi connectivity index (χ0v) is 9.44. The van der Waals surface area contributed by atoms with Crippen molar-refractivity contribution in [1.82, 2.24) is 4.90 Å². The van der Waals surface area contributed by atoms with Crippen molar-refractivity contribution in [3.63, 3.8) is 0 Å². The van der Waals surface area contributed by atoms with E-state index < -0.39 is 17.8 Å². The smallest absolute Gasteiger partial charge is 0.417 e. The van der Waals surface area contributed by atoms with E-state index in [0.717, 1.165) is 4.90 Å². The molecule has 1 heterocycles. The molecule has 1 aliphatic rings. The Hall–Kier alpha value is -1.88. The highest BCUT2D eigenvalue weighted by atomic mass is 35.5. The first-order valence-electron chi connectivity index (χ1n) is 4.88. The molecular formula is C11H8ClNO4. The molecule has 0 spiro atoms. The third kappa shape index (κ3) is 2.14. The van der Waals surface area contributed by atoms with Crippen molar-refractivity contribution in [3.05, 3.63) is 34.9 Å². The number of hydrogen-bond acceptors (Lipinski definition) is 4. The third-order valence-electron chi connectivity index (χ3n) is 2.32. The molecule has 2 amide bonds. The first-order chi connectivity index (χ1) is 8.11. The van der Waals surface area contributed by atoms with Gasteiger partial charge >= 0.3 is 12.0 Å². The summed E-state index contributed by atoms with van der Waals surface area (Å²) < 4.78 is 4.58. The molecule has 17 heavy (non-hydrogen) atoms. The molecule has 5 nitrogen and oxygen atoms in total. The van der Waals surface area contributed by atoms with E-state index in [4.69, 9.17) is 11.6 Å². The highest BCUT2D eigenvalue weighted by Crippen LogP contribution is 2.17. The van der Waals surface area contributed by atoms with Gasteiger partial charge in [0.15, 0.2) is 0 Å². The number of amides is 2. The average Bonchev–Trinajstić information content (AvgIpc) is 2.74. The second-order valence-corrected chi connectivity index (χ2v) is 3.79. The van der Waals surface area contributed by atoms with Crippen molar-refractivity contribution in [2.24, 2.45) is 0 Å². The van der Waals surface area contributed by atoms with Crippen LogP contribution in [-0.4, -0.2) is 35.8 Å². The zero-order valence-electron chi connectivity index (χ0n) is 8.68. The van der Waals surface area contributed by atoms with Crippen LogP contribution in [0, 0.1) is 0 Å². The van der Waals surface area contributed by atoms with Gasteiger partial charge < -0.3 is 4.74 Å². The van der Waals surface area contributed by atoms with Crippen molar-refractivity contribution >= 4 is 29.4 Å². The topological polar surface area (TPSA) is 63.7 Å². The van der Waals surface area contributed by atoms with Crippen LogP contribution in [0.4, 0.5) is 4.79 Å². The number of benzene rings is 1. The van der Waals surface area contributed by atoms with Crippen molar-refractivity contribution in [1.29, 1.82) is 0 Å². The van der Waals surface area contributed by atoms with E-state index in [0.29, 0.717) is 0 Å². The monoisotopic (exact) mass is 253 g/mol. The van der Waals surface area contributed by atoms with Gasteiger partial charge in [0, 0.05) is 5.56 Å². The highest BCUT2D eigenvalue weighted by Gasteiger charge is 2.33. The van der Waals surface area contributed by atoms with E-state index in [9.17, 15) is 14.4 Å². The molecule has 0 aromatic heterocycles. The van der Waals surface area contributed by atoms with E-state index >= 15 is 0 Å². The number of rotatable bonds is 2. The van der Waals surface area contributed by atoms with E-state index in [1.54, 1.807) is 12.1 Å². The van der Waals surface area contributed by atoms with Crippen LogP contribution < -0.4 is 0 Å². The van der Waals surface area contributed by atoms with Crippen LogP contribution in [0.2, 0.25) is 5.02 Å². The fraction of sp³-hybridized carbons (Fsp3) is 0.182. The molecule has 2 rings (SSSR count). The summed E-state index contributed by atoms with van der Waals surface area (Å²) in [5.74, 6) is -1.73. The highest BCUT2D eigenvalue weighted by molar-refractivity contribution is 6.48. The number of carbonyl (C=O) groups is 3. The Bertz CT molecular complexity index is 500. The molecule has 0 unspecified atom stereocenters. The van der Waals surface area contributed by atoms with Crippen LogP contribution in [0.3, 0.4) is 0 Å². The van der Waals surface area contributed by atoms with E-state index in [-0.39, 0.29) is 23.7 Å². The van der Waals surface area contributed by atoms with Crippen LogP contribution >= 0.6 is 11.6 Å². The lowest BCUT2D eigenvalue weighted by molar-refractivity contribution is -0.123. The number of ketones is 1. The summed E-state index contributed by atoms with van der Waals surface area (Å²) in [6.07, 6.45) is -0.796.